The fraction of sp³-hybridized carbons (Fsp3) is 0.733. The van der Waals surface area contributed by atoms with Crippen LogP contribution in [0.25, 0.3) is 0 Å². The van der Waals surface area contributed by atoms with Gasteiger partial charge in [0.15, 0.2) is 0 Å². The minimum Gasteiger partial charge on any atom is -0.444 e. The zero-order valence-corrected chi connectivity index (χ0v) is 12.5. The number of amides is 1. The number of H-pyrrole nitrogens is 1. The zero-order chi connectivity index (χ0) is 14.4. The number of ether oxygens (including phenoxy) is 1. The summed E-state index contributed by atoms with van der Waals surface area (Å²) >= 11 is 0. The number of carbonyl (C=O) groups is 1. The zero-order valence-electron chi connectivity index (χ0n) is 12.5. The van der Waals surface area contributed by atoms with Crippen molar-refractivity contribution in [2.45, 2.75) is 57.5 Å². The summed E-state index contributed by atoms with van der Waals surface area (Å²) in [6.45, 7) is 7.26. The second kappa shape index (κ2) is 4.50. The molecule has 2 aliphatic rings. The molecule has 1 aliphatic carbocycles. The van der Waals surface area contributed by atoms with Crippen LogP contribution in [0.5, 0.6) is 0 Å². The molecule has 1 spiro atoms. The van der Waals surface area contributed by atoms with Crippen LogP contribution in [0.3, 0.4) is 0 Å². The van der Waals surface area contributed by atoms with E-state index in [9.17, 15) is 4.79 Å². The van der Waals surface area contributed by atoms with Gasteiger partial charge in [-0.1, -0.05) is 0 Å². The van der Waals surface area contributed by atoms with Gasteiger partial charge in [-0.2, -0.15) is 5.10 Å². The number of carbonyl (C=O) groups excluding carboxylic acids is 1. The Morgan fingerprint density at radius 3 is 2.70 bits per heavy atom. The molecule has 0 bridgehead atoms. The number of aromatic amines is 1. The van der Waals surface area contributed by atoms with E-state index in [4.69, 9.17) is 4.74 Å². The average Bonchev–Trinajstić information content (AvgIpc) is 2.93. The van der Waals surface area contributed by atoms with Gasteiger partial charge in [0.05, 0.1) is 6.20 Å². The van der Waals surface area contributed by atoms with Gasteiger partial charge < -0.3 is 9.64 Å². The van der Waals surface area contributed by atoms with E-state index in [-0.39, 0.29) is 11.5 Å². The molecular weight excluding hydrogens is 254 g/mol. The van der Waals surface area contributed by atoms with Gasteiger partial charge in [0.1, 0.15) is 5.60 Å². The third kappa shape index (κ3) is 2.30. The molecular formula is C15H23N3O2. The van der Waals surface area contributed by atoms with Crippen molar-refractivity contribution in [3.8, 4) is 0 Å². The molecule has 1 saturated heterocycles. The number of nitrogens with one attached hydrogen (secondary N) is 1. The van der Waals surface area contributed by atoms with Crippen LogP contribution in [-0.4, -0.2) is 39.9 Å². The van der Waals surface area contributed by atoms with Gasteiger partial charge in [0.25, 0.3) is 0 Å². The molecule has 5 heteroatoms. The fourth-order valence-corrected chi connectivity index (χ4v) is 3.40. The standard InChI is InChI=1S/C15H23N3O2/c1-14(2,3)20-13(19)18-8-6-15(7-9-18)5-4-11-10-16-17-12(11)15/h10H,4-9H2,1-3H3,(H,16,17). The van der Waals surface area contributed by atoms with E-state index in [1.807, 2.05) is 31.9 Å². The molecule has 2 heterocycles. The summed E-state index contributed by atoms with van der Waals surface area (Å²) < 4.78 is 5.45. The summed E-state index contributed by atoms with van der Waals surface area (Å²) in [5.74, 6) is 0. The van der Waals surface area contributed by atoms with Crippen molar-refractivity contribution >= 4 is 6.09 Å². The Morgan fingerprint density at radius 1 is 1.35 bits per heavy atom. The molecule has 1 aliphatic heterocycles. The van der Waals surface area contributed by atoms with E-state index in [0.29, 0.717) is 0 Å². The maximum absolute atomic E-state index is 12.1. The first kappa shape index (κ1) is 13.5. The Balaban J connectivity index is 1.65. The molecule has 5 nitrogen and oxygen atoms in total. The monoisotopic (exact) mass is 277 g/mol. The minimum atomic E-state index is -0.421. The van der Waals surface area contributed by atoms with Crippen LogP contribution in [-0.2, 0) is 16.6 Å². The number of fused-ring (bicyclic) bond motifs is 2. The Hall–Kier alpha value is -1.52. The summed E-state index contributed by atoms with van der Waals surface area (Å²) in [4.78, 5) is 13.9. The van der Waals surface area contributed by atoms with Gasteiger partial charge in [0.2, 0.25) is 0 Å². The highest BCUT2D eigenvalue weighted by atomic mass is 16.6. The fourth-order valence-electron chi connectivity index (χ4n) is 3.40. The maximum atomic E-state index is 12.1. The lowest BCUT2D eigenvalue weighted by atomic mass is 9.76. The van der Waals surface area contributed by atoms with Crippen LogP contribution in [0.15, 0.2) is 6.20 Å². The number of aromatic nitrogens is 2. The van der Waals surface area contributed by atoms with Crippen molar-refractivity contribution in [3.63, 3.8) is 0 Å². The average molecular weight is 277 g/mol. The summed E-state index contributed by atoms with van der Waals surface area (Å²) in [7, 11) is 0. The van der Waals surface area contributed by atoms with Gasteiger partial charge in [0, 0.05) is 24.2 Å². The number of hydrogen-bond acceptors (Lipinski definition) is 3. The summed E-state index contributed by atoms with van der Waals surface area (Å²) in [6, 6.07) is 0. The van der Waals surface area contributed by atoms with Crippen LogP contribution < -0.4 is 0 Å². The van der Waals surface area contributed by atoms with Gasteiger partial charge in [-0.25, -0.2) is 4.79 Å². The molecule has 110 valence electrons. The topological polar surface area (TPSA) is 58.2 Å². The van der Waals surface area contributed by atoms with E-state index in [2.05, 4.69) is 10.2 Å². The Bertz CT molecular complexity index is 507. The lowest BCUT2D eigenvalue weighted by molar-refractivity contribution is 0.0162. The van der Waals surface area contributed by atoms with E-state index in [1.54, 1.807) is 0 Å². The highest BCUT2D eigenvalue weighted by Crippen LogP contribution is 2.45. The van der Waals surface area contributed by atoms with Gasteiger partial charge in [-0.3, -0.25) is 5.10 Å². The largest absolute Gasteiger partial charge is 0.444 e. The first-order valence-corrected chi connectivity index (χ1v) is 7.40. The molecule has 0 saturated carbocycles. The lowest BCUT2D eigenvalue weighted by Crippen LogP contribution is -2.46. The third-order valence-electron chi connectivity index (χ3n) is 4.49. The van der Waals surface area contributed by atoms with Gasteiger partial charge in [-0.05, 0) is 52.0 Å². The van der Waals surface area contributed by atoms with Crippen molar-refractivity contribution in [2.24, 2.45) is 0 Å². The SMILES string of the molecule is CC(C)(C)OC(=O)N1CCC2(CCc3cn[nH]c32)CC1. The Kier molecular flexibility index (Phi) is 3.03. The van der Waals surface area contributed by atoms with E-state index in [1.165, 1.54) is 17.7 Å². The lowest BCUT2D eigenvalue weighted by Gasteiger charge is -2.39. The van der Waals surface area contributed by atoms with Crippen LogP contribution in [0.1, 0.15) is 51.3 Å². The van der Waals surface area contributed by atoms with Crippen LogP contribution in [0, 0.1) is 0 Å². The highest BCUT2D eigenvalue weighted by molar-refractivity contribution is 5.68. The number of likely N-dealkylation sites (tertiary alicyclic amines) is 1. The molecule has 0 unspecified atom stereocenters. The molecule has 1 amide bonds. The smallest absolute Gasteiger partial charge is 0.410 e. The quantitative estimate of drug-likeness (QED) is 0.793. The molecule has 1 aromatic heterocycles. The van der Waals surface area contributed by atoms with Crippen molar-refractivity contribution < 1.29 is 9.53 Å². The van der Waals surface area contributed by atoms with Gasteiger partial charge >= 0.3 is 6.09 Å². The van der Waals surface area contributed by atoms with Crippen LogP contribution in [0.2, 0.25) is 0 Å². The first-order chi connectivity index (χ1) is 9.40. The summed E-state index contributed by atoms with van der Waals surface area (Å²) in [6.07, 6.45) is 6.06. The third-order valence-corrected chi connectivity index (χ3v) is 4.49. The van der Waals surface area contributed by atoms with Gasteiger partial charge in [-0.15, -0.1) is 0 Å². The normalized spacial score (nSPS) is 21.1. The molecule has 1 N–H and O–H groups in total. The number of hydrogen-bond donors (Lipinski definition) is 1. The maximum Gasteiger partial charge on any atom is 0.410 e. The molecule has 0 radical (unpaired) electrons. The second-order valence-electron chi connectivity index (χ2n) is 7.02. The predicted octanol–water partition coefficient (Wildman–Crippen LogP) is 2.62. The number of piperidine rings is 1. The second-order valence-corrected chi connectivity index (χ2v) is 7.02. The summed E-state index contributed by atoms with van der Waals surface area (Å²) in [5, 5.41) is 7.34. The van der Waals surface area contributed by atoms with Crippen molar-refractivity contribution in [2.75, 3.05) is 13.1 Å². The van der Waals surface area contributed by atoms with Crippen LogP contribution in [0.4, 0.5) is 4.79 Å². The molecule has 0 aromatic carbocycles. The number of nitrogens with zero attached hydrogens (tertiary/aromatic N) is 2. The Morgan fingerprint density at radius 2 is 2.05 bits per heavy atom. The summed E-state index contributed by atoms with van der Waals surface area (Å²) in [5.41, 5.74) is 2.46. The Labute approximate surface area is 119 Å². The number of rotatable bonds is 0. The molecule has 20 heavy (non-hydrogen) atoms. The molecule has 3 rings (SSSR count). The minimum absolute atomic E-state index is 0.185. The number of aryl methyl sites for hydroxylation is 1. The van der Waals surface area contributed by atoms with Crippen molar-refractivity contribution in [1.29, 1.82) is 0 Å². The first-order valence-electron chi connectivity index (χ1n) is 7.40. The van der Waals surface area contributed by atoms with E-state index < -0.39 is 5.60 Å². The van der Waals surface area contributed by atoms with E-state index in [0.717, 1.165) is 32.4 Å². The van der Waals surface area contributed by atoms with Crippen molar-refractivity contribution in [3.05, 3.63) is 17.5 Å². The molecule has 1 aromatic rings. The molecule has 1 fully saturated rings. The van der Waals surface area contributed by atoms with Crippen LogP contribution >= 0.6 is 0 Å². The predicted molar refractivity (Wildman–Crippen MR) is 75.6 cm³/mol. The van der Waals surface area contributed by atoms with E-state index >= 15 is 0 Å². The van der Waals surface area contributed by atoms with Crippen molar-refractivity contribution in [1.82, 2.24) is 15.1 Å². The molecule has 0 atom stereocenters. The highest BCUT2D eigenvalue weighted by Gasteiger charge is 2.43.